The van der Waals surface area contributed by atoms with E-state index in [1.807, 2.05) is 30.3 Å². The summed E-state index contributed by atoms with van der Waals surface area (Å²) in [5, 5.41) is 14.8. The number of nitriles is 1. The number of nitrogens with zero attached hydrogens (tertiary/aromatic N) is 2. The van der Waals surface area contributed by atoms with E-state index in [0.29, 0.717) is 18.7 Å². The number of rotatable bonds is 5. The number of aromatic nitrogens is 1. The molecule has 2 aromatic rings. The Morgan fingerprint density at radius 1 is 1.38 bits per heavy atom. The molecule has 3 atom stereocenters. The minimum atomic E-state index is -0.337. The van der Waals surface area contributed by atoms with Gasteiger partial charge in [0.1, 0.15) is 12.3 Å². The lowest BCUT2D eigenvalue weighted by Crippen LogP contribution is -2.43. The third-order valence-corrected chi connectivity index (χ3v) is 4.29. The van der Waals surface area contributed by atoms with Gasteiger partial charge in [0.25, 0.3) is 0 Å². The molecule has 0 saturated heterocycles. The third-order valence-electron chi connectivity index (χ3n) is 4.29. The summed E-state index contributed by atoms with van der Waals surface area (Å²) in [6.45, 7) is 0. The molecule has 1 fully saturated rings. The number of hydrogen-bond acceptors (Lipinski definition) is 4. The summed E-state index contributed by atoms with van der Waals surface area (Å²) >= 11 is 0. The highest BCUT2D eigenvalue weighted by atomic mass is 16.3. The van der Waals surface area contributed by atoms with Crippen molar-refractivity contribution in [3.63, 3.8) is 0 Å². The molecule has 3 rings (SSSR count). The first-order valence-electron chi connectivity index (χ1n) is 8.14. The van der Waals surface area contributed by atoms with Crippen molar-refractivity contribution < 1.29 is 9.21 Å². The SMILES string of the molecule is N#C[C@H]1CC[C@@H](NC(=O)NC(Cc2ccccc2)c2ncco2)C1. The van der Waals surface area contributed by atoms with E-state index in [-0.39, 0.29) is 24.0 Å². The van der Waals surface area contributed by atoms with Crippen LogP contribution in [0.15, 0.2) is 47.2 Å². The van der Waals surface area contributed by atoms with Crippen LogP contribution in [-0.4, -0.2) is 17.1 Å². The molecular weight excluding hydrogens is 304 g/mol. The van der Waals surface area contributed by atoms with Gasteiger partial charge in [0.2, 0.25) is 5.89 Å². The number of amides is 2. The van der Waals surface area contributed by atoms with Gasteiger partial charge in [-0.05, 0) is 24.8 Å². The maximum atomic E-state index is 12.3. The van der Waals surface area contributed by atoms with Crippen molar-refractivity contribution in [1.82, 2.24) is 15.6 Å². The zero-order chi connectivity index (χ0) is 16.8. The number of carbonyl (C=O) groups excluding carboxylic acids is 1. The molecule has 1 saturated carbocycles. The molecule has 124 valence electrons. The monoisotopic (exact) mass is 324 g/mol. The molecular formula is C18H20N4O2. The molecule has 0 radical (unpaired) electrons. The standard InChI is InChI=1S/C18H20N4O2/c19-12-14-6-7-15(10-14)21-18(23)22-16(17-20-8-9-24-17)11-13-4-2-1-3-5-13/h1-5,8-9,14-16H,6-7,10-11H2,(H2,21,22,23)/t14-,15+,16?/m0/s1. The van der Waals surface area contributed by atoms with E-state index < -0.39 is 0 Å². The highest BCUT2D eigenvalue weighted by Crippen LogP contribution is 2.24. The number of carbonyl (C=O) groups is 1. The molecule has 1 aliphatic carbocycles. The van der Waals surface area contributed by atoms with Gasteiger partial charge in [0.05, 0.1) is 12.3 Å². The summed E-state index contributed by atoms with van der Waals surface area (Å²) in [5.41, 5.74) is 1.09. The molecule has 2 N–H and O–H groups in total. The number of urea groups is 1. The summed E-state index contributed by atoms with van der Waals surface area (Å²) in [6, 6.07) is 11.6. The molecule has 6 nitrogen and oxygen atoms in total. The van der Waals surface area contributed by atoms with Crippen LogP contribution in [0.2, 0.25) is 0 Å². The number of oxazole rings is 1. The van der Waals surface area contributed by atoms with Gasteiger partial charge in [0, 0.05) is 18.4 Å². The molecule has 0 bridgehead atoms. The molecule has 0 spiro atoms. The van der Waals surface area contributed by atoms with Gasteiger partial charge in [0.15, 0.2) is 0 Å². The summed E-state index contributed by atoms with van der Waals surface area (Å²) in [7, 11) is 0. The van der Waals surface area contributed by atoms with E-state index in [1.165, 1.54) is 6.26 Å². The molecule has 1 heterocycles. The van der Waals surface area contributed by atoms with Crippen LogP contribution in [0.1, 0.15) is 36.8 Å². The van der Waals surface area contributed by atoms with Crippen molar-refractivity contribution in [3.05, 3.63) is 54.2 Å². The van der Waals surface area contributed by atoms with Gasteiger partial charge >= 0.3 is 6.03 Å². The quantitative estimate of drug-likeness (QED) is 0.884. The fourth-order valence-electron chi connectivity index (χ4n) is 3.07. The second-order valence-corrected chi connectivity index (χ2v) is 6.07. The first-order chi connectivity index (χ1) is 11.7. The van der Waals surface area contributed by atoms with E-state index in [4.69, 9.17) is 9.68 Å². The van der Waals surface area contributed by atoms with E-state index in [0.717, 1.165) is 18.4 Å². The Labute approximate surface area is 140 Å². The average molecular weight is 324 g/mol. The molecule has 2 amide bonds. The predicted molar refractivity (Wildman–Crippen MR) is 87.8 cm³/mol. The first-order valence-corrected chi connectivity index (χ1v) is 8.14. The fraction of sp³-hybridized carbons (Fsp3) is 0.389. The topological polar surface area (TPSA) is 91.0 Å². The largest absolute Gasteiger partial charge is 0.447 e. The van der Waals surface area contributed by atoms with Gasteiger partial charge in [-0.15, -0.1) is 0 Å². The summed E-state index contributed by atoms with van der Waals surface area (Å²) in [5.74, 6) is 0.525. The number of benzene rings is 1. The van der Waals surface area contributed by atoms with E-state index in [9.17, 15) is 4.79 Å². The van der Waals surface area contributed by atoms with Crippen LogP contribution in [0.25, 0.3) is 0 Å². The minimum absolute atomic E-state index is 0.0437. The van der Waals surface area contributed by atoms with Gasteiger partial charge in [-0.3, -0.25) is 0 Å². The fourth-order valence-corrected chi connectivity index (χ4v) is 3.07. The Kier molecular flexibility index (Phi) is 5.12. The predicted octanol–water partition coefficient (Wildman–Crippen LogP) is 2.95. The van der Waals surface area contributed by atoms with Crippen LogP contribution in [0.4, 0.5) is 4.79 Å². The maximum Gasteiger partial charge on any atom is 0.315 e. The molecule has 24 heavy (non-hydrogen) atoms. The van der Waals surface area contributed by atoms with Gasteiger partial charge in [-0.1, -0.05) is 30.3 Å². The molecule has 1 aromatic carbocycles. The molecule has 1 unspecified atom stereocenters. The zero-order valence-corrected chi connectivity index (χ0v) is 13.3. The average Bonchev–Trinajstić information content (AvgIpc) is 3.27. The van der Waals surface area contributed by atoms with Crippen molar-refractivity contribution >= 4 is 6.03 Å². The lowest BCUT2D eigenvalue weighted by molar-refractivity contribution is 0.230. The Bertz CT molecular complexity index is 694. The number of hydrogen-bond donors (Lipinski definition) is 2. The first kappa shape index (κ1) is 16.1. The second-order valence-electron chi connectivity index (χ2n) is 6.07. The highest BCUT2D eigenvalue weighted by Gasteiger charge is 2.27. The van der Waals surface area contributed by atoms with Crippen molar-refractivity contribution in [3.8, 4) is 6.07 Å². The van der Waals surface area contributed by atoms with E-state index in [1.54, 1.807) is 6.20 Å². The zero-order valence-electron chi connectivity index (χ0n) is 13.3. The lowest BCUT2D eigenvalue weighted by atomic mass is 10.1. The Balaban J connectivity index is 1.62. The van der Waals surface area contributed by atoms with Crippen LogP contribution >= 0.6 is 0 Å². The molecule has 0 aliphatic heterocycles. The Morgan fingerprint density at radius 3 is 2.88 bits per heavy atom. The molecule has 1 aromatic heterocycles. The van der Waals surface area contributed by atoms with Gasteiger partial charge in [-0.25, -0.2) is 9.78 Å². The van der Waals surface area contributed by atoms with Crippen LogP contribution in [0, 0.1) is 17.2 Å². The van der Waals surface area contributed by atoms with Crippen molar-refractivity contribution in [2.24, 2.45) is 5.92 Å². The maximum absolute atomic E-state index is 12.3. The molecule has 6 heteroatoms. The van der Waals surface area contributed by atoms with E-state index >= 15 is 0 Å². The third kappa shape index (κ3) is 4.13. The number of nitrogens with one attached hydrogen (secondary N) is 2. The summed E-state index contributed by atoms with van der Waals surface area (Å²) in [6.07, 6.45) is 6.07. The second kappa shape index (κ2) is 7.64. The van der Waals surface area contributed by atoms with Crippen LogP contribution in [0.5, 0.6) is 0 Å². The Morgan fingerprint density at radius 2 is 2.21 bits per heavy atom. The van der Waals surface area contributed by atoms with Crippen molar-refractivity contribution in [1.29, 1.82) is 5.26 Å². The van der Waals surface area contributed by atoms with Crippen molar-refractivity contribution in [2.45, 2.75) is 37.8 Å². The summed E-state index contributed by atoms with van der Waals surface area (Å²) in [4.78, 5) is 16.5. The summed E-state index contributed by atoms with van der Waals surface area (Å²) < 4.78 is 5.38. The normalized spacial score (nSPS) is 21.0. The van der Waals surface area contributed by atoms with Crippen LogP contribution in [-0.2, 0) is 6.42 Å². The van der Waals surface area contributed by atoms with E-state index in [2.05, 4.69) is 21.7 Å². The molecule has 1 aliphatic rings. The van der Waals surface area contributed by atoms with Gasteiger partial charge < -0.3 is 15.1 Å². The Hall–Kier alpha value is -2.81. The minimum Gasteiger partial charge on any atom is -0.447 e. The van der Waals surface area contributed by atoms with Crippen LogP contribution in [0.3, 0.4) is 0 Å². The van der Waals surface area contributed by atoms with Crippen LogP contribution < -0.4 is 10.6 Å². The van der Waals surface area contributed by atoms with Crippen molar-refractivity contribution in [2.75, 3.05) is 0 Å². The highest BCUT2D eigenvalue weighted by molar-refractivity contribution is 5.74. The lowest BCUT2D eigenvalue weighted by Gasteiger charge is -2.19. The van der Waals surface area contributed by atoms with Gasteiger partial charge in [-0.2, -0.15) is 5.26 Å². The smallest absolute Gasteiger partial charge is 0.315 e.